The number of aryl methyl sites for hydroxylation is 3. The molecule has 3 rings (SSSR count). The molecule has 28 heavy (non-hydrogen) atoms. The number of ether oxygens (including phenoxy) is 2. The normalized spacial score (nSPS) is 11.2. The Morgan fingerprint density at radius 3 is 2.00 bits per heavy atom. The first-order valence-corrected chi connectivity index (χ1v) is 9.23. The molecule has 0 bridgehead atoms. The maximum atomic E-state index is 5.51. The zero-order chi connectivity index (χ0) is 20.1. The standard InChI is InChI=1S/C24H26N2O2/c1-16-14-17(2)23(18(3)15-16)24(25-19-10-6-8-12-21(19)27-4)26-20-11-7-9-13-22(20)28-5/h6-15H,1-5H3,(H,25,26). The van der Waals surface area contributed by atoms with Crippen molar-refractivity contribution in [1.82, 2.24) is 0 Å². The second-order valence-electron chi connectivity index (χ2n) is 6.73. The Kier molecular flexibility index (Phi) is 5.99. The maximum absolute atomic E-state index is 5.51. The van der Waals surface area contributed by atoms with Gasteiger partial charge in [0.05, 0.1) is 19.9 Å². The highest BCUT2D eigenvalue weighted by molar-refractivity contribution is 6.12. The van der Waals surface area contributed by atoms with Crippen LogP contribution in [-0.2, 0) is 0 Å². The third-order valence-corrected chi connectivity index (χ3v) is 4.59. The third kappa shape index (κ3) is 4.17. The molecule has 144 valence electrons. The van der Waals surface area contributed by atoms with Crippen molar-refractivity contribution in [2.45, 2.75) is 20.8 Å². The van der Waals surface area contributed by atoms with E-state index in [1.165, 1.54) is 5.56 Å². The summed E-state index contributed by atoms with van der Waals surface area (Å²) in [6.07, 6.45) is 0. The van der Waals surface area contributed by atoms with Gasteiger partial charge in [0.15, 0.2) is 0 Å². The van der Waals surface area contributed by atoms with Gasteiger partial charge in [-0.25, -0.2) is 4.99 Å². The largest absolute Gasteiger partial charge is 0.495 e. The number of hydrogen-bond donors (Lipinski definition) is 1. The fourth-order valence-electron chi connectivity index (χ4n) is 3.42. The van der Waals surface area contributed by atoms with Crippen LogP contribution in [0.15, 0.2) is 65.7 Å². The van der Waals surface area contributed by atoms with E-state index in [2.05, 4.69) is 38.2 Å². The van der Waals surface area contributed by atoms with Gasteiger partial charge in [-0.3, -0.25) is 0 Å². The molecule has 0 radical (unpaired) electrons. The van der Waals surface area contributed by atoms with E-state index in [0.717, 1.165) is 45.4 Å². The van der Waals surface area contributed by atoms with Crippen LogP contribution >= 0.6 is 0 Å². The SMILES string of the molecule is COc1ccccc1N=C(Nc1ccccc1OC)c1c(C)cc(C)cc1C. The molecular weight excluding hydrogens is 348 g/mol. The van der Waals surface area contributed by atoms with E-state index < -0.39 is 0 Å². The molecule has 3 aromatic rings. The average molecular weight is 374 g/mol. The van der Waals surface area contributed by atoms with Crippen LogP contribution in [0.1, 0.15) is 22.3 Å². The van der Waals surface area contributed by atoms with E-state index in [1.54, 1.807) is 14.2 Å². The van der Waals surface area contributed by atoms with Crippen molar-refractivity contribution in [3.05, 3.63) is 82.9 Å². The summed E-state index contributed by atoms with van der Waals surface area (Å²) >= 11 is 0. The Balaban J connectivity index is 2.18. The lowest BCUT2D eigenvalue weighted by atomic mass is 9.98. The first-order valence-electron chi connectivity index (χ1n) is 9.23. The van der Waals surface area contributed by atoms with Crippen molar-refractivity contribution >= 4 is 17.2 Å². The molecule has 4 heteroatoms. The summed E-state index contributed by atoms with van der Waals surface area (Å²) < 4.78 is 11.0. The van der Waals surface area contributed by atoms with Gasteiger partial charge in [0.25, 0.3) is 0 Å². The van der Waals surface area contributed by atoms with Gasteiger partial charge in [0, 0.05) is 5.56 Å². The molecule has 0 aliphatic rings. The highest BCUT2D eigenvalue weighted by Crippen LogP contribution is 2.30. The first-order chi connectivity index (χ1) is 13.5. The minimum Gasteiger partial charge on any atom is -0.495 e. The third-order valence-electron chi connectivity index (χ3n) is 4.59. The minimum absolute atomic E-state index is 0.726. The molecule has 1 N–H and O–H groups in total. The van der Waals surface area contributed by atoms with Crippen LogP contribution in [0, 0.1) is 20.8 Å². The van der Waals surface area contributed by atoms with E-state index in [-0.39, 0.29) is 0 Å². The number of nitrogens with zero attached hydrogens (tertiary/aromatic N) is 1. The second-order valence-corrected chi connectivity index (χ2v) is 6.73. The molecule has 0 unspecified atom stereocenters. The predicted molar refractivity (Wildman–Crippen MR) is 116 cm³/mol. The summed E-state index contributed by atoms with van der Waals surface area (Å²) in [5.41, 5.74) is 6.25. The van der Waals surface area contributed by atoms with Crippen LogP contribution in [0.4, 0.5) is 11.4 Å². The number of methoxy groups -OCH3 is 2. The highest BCUT2D eigenvalue weighted by atomic mass is 16.5. The van der Waals surface area contributed by atoms with Crippen LogP contribution in [0.3, 0.4) is 0 Å². The number of hydrogen-bond acceptors (Lipinski definition) is 3. The molecule has 0 spiro atoms. The Bertz CT molecular complexity index is 986. The first kappa shape index (κ1) is 19.5. The molecular formula is C24H26N2O2. The molecule has 0 aliphatic carbocycles. The average Bonchev–Trinajstić information content (AvgIpc) is 2.68. The van der Waals surface area contributed by atoms with E-state index in [9.17, 15) is 0 Å². The van der Waals surface area contributed by atoms with Crippen LogP contribution in [-0.4, -0.2) is 20.1 Å². The van der Waals surface area contributed by atoms with Gasteiger partial charge in [0.1, 0.15) is 23.0 Å². The number of rotatable bonds is 5. The van der Waals surface area contributed by atoms with E-state index in [0.29, 0.717) is 0 Å². The summed E-state index contributed by atoms with van der Waals surface area (Å²) in [5.74, 6) is 2.24. The Morgan fingerprint density at radius 2 is 1.36 bits per heavy atom. The highest BCUT2D eigenvalue weighted by Gasteiger charge is 2.15. The van der Waals surface area contributed by atoms with Crippen LogP contribution in [0.25, 0.3) is 0 Å². The summed E-state index contributed by atoms with van der Waals surface area (Å²) in [7, 11) is 3.32. The molecule has 4 nitrogen and oxygen atoms in total. The number of amidine groups is 1. The second kappa shape index (κ2) is 8.61. The molecule has 0 fully saturated rings. The van der Waals surface area contributed by atoms with E-state index in [1.807, 2.05) is 48.5 Å². The van der Waals surface area contributed by atoms with Crippen LogP contribution < -0.4 is 14.8 Å². The monoisotopic (exact) mass is 374 g/mol. The lowest BCUT2D eigenvalue weighted by Crippen LogP contribution is -2.17. The van der Waals surface area contributed by atoms with Gasteiger partial charge < -0.3 is 14.8 Å². The van der Waals surface area contributed by atoms with Crippen molar-refractivity contribution < 1.29 is 9.47 Å². The van der Waals surface area contributed by atoms with Gasteiger partial charge in [-0.05, 0) is 56.2 Å². The van der Waals surface area contributed by atoms with Crippen molar-refractivity contribution in [1.29, 1.82) is 0 Å². The van der Waals surface area contributed by atoms with Crippen molar-refractivity contribution in [2.24, 2.45) is 4.99 Å². The number of nitrogens with one attached hydrogen (secondary N) is 1. The van der Waals surface area contributed by atoms with Gasteiger partial charge in [-0.1, -0.05) is 42.0 Å². The zero-order valence-corrected chi connectivity index (χ0v) is 17.0. The van der Waals surface area contributed by atoms with E-state index in [4.69, 9.17) is 14.5 Å². The molecule has 0 atom stereocenters. The zero-order valence-electron chi connectivity index (χ0n) is 17.0. The molecule has 0 saturated heterocycles. The fraction of sp³-hybridized carbons (Fsp3) is 0.208. The summed E-state index contributed by atoms with van der Waals surface area (Å²) in [6.45, 7) is 6.32. The minimum atomic E-state index is 0.726. The number of anilines is 1. The Morgan fingerprint density at radius 1 is 0.786 bits per heavy atom. The molecule has 3 aromatic carbocycles. The number of aliphatic imine (C=N–C) groups is 1. The van der Waals surface area contributed by atoms with Gasteiger partial charge >= 0.3 is 0 Å². The fourth-order valence-corrected chi connectivity index (χ4v) is 3.42. The lowest BCUT2D eigenvalue weighted by molar-refractivity contribution is 0.416. The topological polar surface area (TPSA) is 42.8 Å². The van der Waals surface area contributed by atoms with Crippen molar-refractivity contribution in [2.75, 3.05) is 19.5 Å². The summed E-state index contributed by atoms with van der Waals surface area (Å²) in [6, 6.07) is 19.9. The molecule has 0 amide bonds. The summed E-state index contributed by atoms with van der Waals surface area (Å²) in [4.78, 5) is 4.95. The van der Waals surface area contributed by atoms with Gasteiger partial charge in [0.2, 0.25) is 0 Å². The molecule has 0 saturated carbocycles. The quantitative estimate of drug-likeness (QED) is 0.452. The van der Waals surface area contributed by atoms with Gasteiger partial charge in [-0.2, -0.15) is 0 Å². The Hall–Kier alpha value is -3.27. The predicted octanol–water partition coefficient (Wildman–Crippen LogP) is 5.82. The molecule has 0 heterocycles. The van der Waals surface area contributed by atoms with Crippen LogP contribution in [0.5, 0.6) is 11.5 Å². The maximum Gasteiger partial charge on any atom is 0.144 e. The van der Waals surface area contributed by atoms with Crippen molar-refractivity contribution in [3.8, 4) is 11.5 Å². The molecule has 0 aliphatic heterocycles. The molecule has 0 aromatic heterocycles. The Labute approximate surface area is 166 Å². The lowest BCUT2D eigenvalue weighted by Gasteiger charge is -2.18. The smallest absolute Gasteiger partial charge is 0.144 e. The van der Waals surface area contributed by atoms with Crippen molar-refractivity contribution in [3.63, 3.8) is 0 Å². The number of benzene rings is 3. The van der Waals surface area contributed by atoms with E-state index >= 15 is 0 Å². The summed E-state index contributed by atoms with van der Waals surface area (Å²) in [5, 5.41) is 3.49. The van der Waals surface area contributed by atoms with Crippen LogP contribution in [0.2, 0.25) is 0 Å². The van der Waals surface area contributed by atoms with Gasteiger partial charge in [-0.15, -0.1) is 0 Å². The number of para-hydroxylation sites is 4.